The van der Waals surface area contributed by atoms with Crippen molar-refractivity contribution in [1.82, 2.24) is 9.80 Å². The van der Waals surface area contributed by atoms with Gasteiger partial charge in [-0.25, -0.2) is 0 Å². The molecule has 7 nitrogen and oxygen atoms in total. The lowest BCUT2D eigenvalue weighted by Gasteiger charge is -2.34. The van der Waals surface area contributed by atoms with E-state index in [-0.39, 0.29) is 11.8 Å². The number of nitrogens with zero attached hydrogens (tertiary/aromatic N) is 2. The van der Waals surface area contributed by atoms with Crippen LogP contribution in [0, 0.1) is 0 Å². The number of methoxy groups -OCH3 is 2. The van der Waals surface area contributed by atoms with Crippen molar-refractivity contribution in [3.63, 3.8) is 0 Å². The van der Waals surface area contributed by atoms with E-state index >= 15 is 0 Å². The Labute approximate surface area is 171 Å². The number of anilines is 1. The van der Waals surface area contributed by atoms with E-state index in [1.165, 1.54) is 7.11 Å². The zero-order valence-electron chi connectivity index (χ0n) is 17.1. The van der Waals surface area contributed by atoms with E-state index in [1.54, 1.807) is 49.6 Å². The topological polar surface area (TPSA) is 71.1 Å². The fourth-order valence-electron chi connectivity index (χ4n) is 3.31. The minimum absolute atomic E-state index is 0.00420. The summed E-state index contributed by atoms with van der Waals surface area (Å²) in [6, 6.07) is 11.9. The van der Waals surface area contributed by atoms with Gasteiger partial charge in [0.2, 0.25) is 0 Å². The molecule has 0 atom stereocenters. The molecule has 0 unspecified atom stereocenters. The van der Waals surface area contributed by atoms with Crippen molar-refractivity contribution >= 4 is 17.5 Å². The molecule has 0 aliphatic carbocycles. The molecule has 0 spiro atoms. The molecule has 3 rings (SSSR count). The van der Waals surface area contributed by atoms with Crippen molar-refractivity contribution < 1.29 is 19.1 Å². The van der Waals surface area contributed by atoms with E-state index in [4.69, 9.17) is 9.47 Å². The number of carbonyl (C=O) groups is 2. The van der Waals surface area contributed by atoms with Gasteiger partial charge in [-0.05, 0) is 42.9 Å². The van der Waals surface area contributed by atoms with Gasteiger partial charge < -0.3 is 24.6 Å². The molecule has 2 aromatic rings. The van der Waals surface area contributed by atoms with E-state index in [0.29, 0.717) is 28.3 Å². The van der Waals surface area contributed by atoms with E-state index in [9.17, 15) is 9.59 Å². The summed E-state index contributed by atoms with van der Waals surface area (Å²) in [6.07, 6.45) is 0. The molecule has 1 heterocycles. The first-order valence-electron chi connectivity index (χ1n) is 9.70. The Morgan fingerprint density at radius 1 is 0.931 bits per heavy atom. The summed E-state index contributed by atoms with van der Waals surface area (Å²) in [4.78, 5) is 29.5. The molecule has 154 valence electrons. The molecule has 0 saturated carbocycles. The summed E-state index contributed by atoms with van der Waals surface area (Å²) in [5.41, 5.74) is 1.61. The molecule has 0 radical (unpaired) electrons. The van der Waals surface area contributed by atoms with E-state index < -0.39 is 0 Å². The van der Waals surface area contributed by atoms with Gasteiger partial charge >= 0.3 is 0 Å². The third kappa shape index (κ3) is 4.86. The minimum Gasteiger partial charge on any atom is -0.497 e. The monoisotopic (exact) mass is 397 g/mol. The van der Waals surface area contributed by atoms with Gasteiger partial charge in [0.25, 0.3) is 11.8 Å². The van der Waals surface area contributed by atoms with Gasteiger partial charge in [-0.3, -0.25) is 9.59 Å². The molecule has 1 aliphatic heterocycles. The van der Waals surface area contributed by atoms with Crippen LogP contribution in [0.1, 0.15) is 27.6 Å². The van der Waals surface area contributed by atoms with Crippen LogP contribution < -0.4 is 14.8 Å². The number of ether oxygens (including phenoxy) is 2. The van der Waals surface area contributed by atoms with Crippen molar-refractivity contribution in [1.29, 1.82) is 0 Å². The molecule has 1 aliphatic rings. The third-order valence-electron chi connectivity index (χ3n) is 5.16. The number of carbonyl (C=O) groups excluding carboxylic acids is 2. The minimum atomic E-state index is -0.274. The smallest absolute Gasteiger partial charge is 0.255 e. The highest BCUT2D eigenvalue weighted by molar-refractivity contribution is 6.05. The Balaban J connectivity index is 1.65. The maximum Gasteiger partial charge on any atom is 0.255 e. The lowest BCUT2D eigenvalue weighted by Crippen LogP contribution is -2.48. The number of hydrogen-bond donors (Lipinski definition) is 1. The summed E-state index contributed by atoms with van der Waals surface area (Å²) in [5, 5.41) is 2.83. The number of amides is 2. The largest absolute Gasteiger partial charge is 0.497 e. The maximum atomic E-state index is 12.7. The Morgan fingerprint density at radius 3 is 2.17 bits per heavy atom. The molecule has 1 N–H and O–H groups in total. The van der Waals surface area contributed by atoms with Crippen LogP contribution in [0.3, 0.4) is 0 Å². The summed E-state index contributed by atoms with van der Waals surface area (Å²) >= 11 is 0. The highest BCUT2D eigenvalue weighted by Crippen LogP contribution is 2.29. The first-order chi connectivity index (χ1) is 14.0. The number of likely N-dealkylation sites (N-methyl/N-ethyl adjacent to an activating group) is 1. The van der Waals surface area contributed by atoms with Crippen LogP contribution >= 0.6 is 0 Å². The molecular weight excluding hydrogens is 370 g/mol. The number of hydrogen-bond acceptors (Lipinski definition) is 5. The van der Waals surface area contributed by atoms with Gasteiger partial charge in [0.05, 0.1) is 19.9 Å². The molecule has 1 fully saturated rings. The maximum absolute atomic E-state index is 12.7. The van der Waals surface area contributed by atoms with Gasteiger partial charge in [0.1, 0.15) is 11.5 Å². The van der Waals surface area contributed by atoms with Crippen molar-refractivity contribution in [2.24, 2.45) is 0 Å². The summed E-state index contributed by atoms with van der Waals surface area (Å²) in [5.74, 6) is 0.881. The van der Waals surface area contributed by atoms with Crippen molar-refractivity contribution in [3.8, 4) is 11.5 Å². The molecule has 0 aromatic heterocycles. The molecular formula is C22H27N3O4. The quantitative estimate of drug-likeness (QED) is 0.812. The van der Waals surface area contributed by atoms with Crippen LogP contribution in [0.15, 0.2) is 42.5 Å². The molecule has 2 aromatic carbocycles. The van der Waals surface area contributed by atoms with Crippen molar-refractivity contribution in [2.75, 3.05) is 52.3 Å². The van der Waals surface area contributed by atoms with Gasteiger partial charge in [-0.2, -0.15) is 0 Å². The summed E-state index contributed by atoms with van der Waals surface area (Å²) in [6.45, 7) is 6.38. The fourth-order valence-corrected chi connectivity index (χ4v) is 3.31. The van der Waals surface area contributed by atoms with Crippen molar-refractivity contribution in [2.45, 2.75) is 6.92 Å². The zero-order valence-corrected chi connectivity index (χ0v) is 17.1. The first kappa shape index (κ1) is 20.7. The van der Waals surface area contributed by atoms with Crippen LogP contribution in [0.25, 0.3) is 0 Å². The Bertz CT molecular complexity index is 859. The molecule has 2 amide bonds. The van der Waals surface area contributed by atoms with Gasteiger partial charge in [0.15, 0.2) is 0 Å². The van der Waals surface area contributed by atoms with E-state index in [1.807, 2.05) is 4.90 Å². The molecule has 0 bridgehead atoms. The Morgan fingerprint density at radius 2 is 1.59 bits per heavy atom. The highest BCUT2D eigenvalue weighted by Gasteiger charge is 2.21. The zero-order chi connectivity index (χ0) is 20.8. The SMILES string of the molecule is CCN1CCN(C(=O)c2ccc(C(=O)Nc3ccc(OC)cc3OC)cc2)CC1. The second kappa shape index (κ2) is 9.43. The number of piperazine rings is 1. The van der Waals surface area contributed by atoms with Gasteiger partial charge in [-0.1, -0.05) is 6.92 Å². The van der Waals surface area contributed by atoms with Crippen LogP contribution in [-0.2, 0) is 0 Å². The fraction of sp³-hybridized carbons (Fsp3) is 0.364. The second-order valence-electron chi connectivity index (χ2n) is 6.82. The number of nitrogens with one attached hydrogen (secondary N) is 1. The van der Waals surface area contributed by atoms with Crippen LogP contribution in [0.5, 0.6) is 11.5 Å². The number of rotatable bonds is 6. The number of benzene rings is 2. The summed E-state index contributed by atoms with van der Waals surface area (Å²) in [7, 11) is 3.10. The lowest BCUT2D eigenvalue weighted by atomic mass is 10.1. The Hall–Kier alpha value is -3.06. The van der Waals surface area contributed by atoms with Gasteiger partial charge in [-0.15, -0.1) is 0 Å². The molecule has 1 saturated heterocycles. The average Bonchev–Trinajstić information content (AvgIpc) is 2.79. The third-order valence-corrected chi connectivity index (χ3v) is 5.16. The second-order valence-corrected chi connectivity index (χ2v) is 6.82. The normalized spacial score (nSPS) is 14.4. The Kier molecular flexibility index (Phi) is 6.72. The van der Waals surface area contributed by atoms with Crippen LogP contribution in [-0.4, -0.2) is 68.6 Å². The lowest BCUT2D eigenvalue weighted by molar-refractivity contribution is 0.0643. The summed E-state index contributed by atoms with van der Waals surface area (Å²) < 4.78 is 10.5. The average molecular weight is 397 g/mol. The predicted molar refractivity (Wildman–Crippen MR) is 112 cm³/mol. The van der Waals surface area contributed by atoms with Gasteiger partial charge in [0, 0.05) is 43.4 Å². The standard InChI is InChI=1S/C22H27N3O4/c1-4-24-11-13-25(14-12-24)22(27)17-7-5-16(6-8-17)21(26)23-19-10-9-18(28-2)15-20(19)29-3/h5-10,15H,4,11-14H2,1-3H3,(H,23,26). The first-order valence-corrected chi connectivity index (χ1v) is 9.70. The van der Waals surface area contributed by atoms with E-state index in [2.05, 4.69) is 17.1 Å². The van der Waals surface area contributed by atoms with Crippen LogP contribution in [0.2, 0.25) is 0 Å². The van der Waals surface area contributed by atoms with Crippen molar-refractivity contribution in [3.05, 3.63) is 53.6 Å². The predicted octanol–water partition coefficient (Wildman–Crippen LogP) is 2.73. The van der Waals surface area contributed by atoms with Crippen LogP contribution in [0.4, 0.5) is 5.69 Å². The molecule has 7 heteroatoms. The highest BCUT2D eigenvalue weighted by atomic mass is 16.5. The van der Waals surface area contributed by atoms with E-state index in [0.717, 1.165) is 32.7 Å². The molecule has 29 heavy (non-hydrogen) atoms.